The summed E-state index contributed by atoms with van der Waals surface area (Å²) in [5, 5.41) is 5.72. The van der Waals surface area contributed by atoms with E-state index in [1.165, 1.54) is 0 Å². The quantitative estimate of drug-likeness (QED) is 0.379. The molecule has 0 aromatic carbocycles. The van der Waals surface area contributed by atoms with Gasteiger partial charge in [0, 0.05) is 18.3 Å². The molecular formula is C13H16F2O8S. The van der Waals surface area contributed by atoms with Crippen LogP contribution >= 0.6 is 0 Å². The molecule has 2 aliphatic carbocycles. The van der Waals surface area contributed by atoms with E-state index in [0.717, 1.165) is 0 Å². The number of rotatable bonds is 6. The molecule has 1 heterocycles. The van der Waals surface area contributed by atoms with Gasteiger partial charge in [0.15, 0.2) is 0 Å². The molecule has 2 saturated carbocycles. The van der Waals surface area contributed by atoms with Gasteiger partial charge < -0.3 is 14.6 Å². The van der Waals surface area contributed by atoms with E-state index in [-0.39, 0.29) is 5.92 Å². The van der Waals surface area contributed by atoms with Crippen molar-refractivity contribution in [1.82, 2.24) is 0 Å². The van der Waals surface area contributed by atoms with Gasteiger partial charge in [-0.05, 0) is 12.8 Å². The van der Waals surface area contributed by atoms with Crippen molar-refractivity contribution in [2.24, 2.45) is 23.7 Å². The molecule has 0 aromatic heterocycles. The lowest BCUT2D eigenvalue weighted by Crippen LogP contribution is -2.41. The van der Waals surface area contributed by atoms with E-state index in [0.29, 0.717) is 6.42 Å². The van der Waals surface area contributed by atoms with Crippen molar-refractivity contribution in [1.29, 1.82) is 0 Å². The van der Waals surface area contributed by atoms with Gasteiger partial charge in [-0.3, -0.25) is 14.1 Å². The third-order valence-corrected chi connectivity index (χ3v) is 6.04. The molecule has 6 atom stereocenters. The number of hydrogen-bond donors (Lipinski definition) is 2. The highest BCUT2D eigenvalue weighted by molar-refractivity contribution is 7.86. The molecule has 0 radical (unpaired) electrons. The summed E-state index contributed by atoms with van der Waals surface area (Å²) in [5.74, 6) is -3.63. The highest BCUT2D eigenvalue weighted by Crippen LogP contribution is 2.58. The second-order valence-corrected chi connectivity index (χ2v) is 7.94. The zero-order valence-corrected chi connectivity index (χ0v) is 13.1. The Morgan fingerprint density at radius 1 is 1.38 bits per heavy atom. The van der Waals surface area contributed by atoms with Gasteiger partial charge in [0.2, 0.25) is 0 Å². The largest absolute Gasteiger partial charge is 0.465 e. The fraction of sp³-hybridized carbons (Fsp3) is 0.846. The Morgan fingerprint density at radius 2 is 2.04 bits per heavy atom. The molecule has 3 fully saturated rings. The monoisotopic (exact) mass is 370 g/mol. The van der Waals surface area contributed by atoms with Crippen molar-refractivity contribution >= 4 is 22.1 Å². The highest BCUT2D eigenvalue weighted by atomic mass is 32.2. The minimum absolute atomic E-state index is 0.237. The van der Waals surface area contributed by atoms with Crippen molar-refractivity contribution < 1.29 is 45.9 Å². The molecule has 11 heteroatoms. The molecule has 3 aliphatic rings. The maximum absolute atomic E-state index is 13.0. The van der Waals surface area contributed by atoms with Gasteiger partial charge in [0.1, 0.15) is 6.10 Å². The van der Waals surface area contributed by atoms with Crippen LogP contribution < -0.4 is 0 Å². The van der Waals surface area contributed by atoms with Gasteiger partial charge in [0.05, 0.1) is 24.5 Å². The number of carbonyl (C=O) groups is 2. The van der Waals surface area contributed by atoms with Crippen LogP contribution in [0.4, 0.5) is 8.78 Å². The molecule has 3 rings (SSSR count). The van der Waals surface area contributed by atoms with E-state index in [1.807, 2.05) is 0 Å². The summed E-state index contributed by atoms with van der Waals surface area (Å²) in [6.07, 6.45) is -2.77. The molecule has 1 aliphatic heterocycles. The molecule has 2 bridgehead atoms. The van der Waals surface area contributed by atoms with Crippen LogP contribution in [0.2, 0.25) is 0 Å². The second-order valence-electron chi connectivity index (χ2n) is 6.39. The topological polar surface area (TPSA) is 127 Å². The fourth-order valence-corrected chi connectivity index (χ4v) is 4.42. The van der Waals surface area contributed by atoms with Crippen molar-refractivity contribution in [3.63, 3.8) is 0 Å². The number of aliphatic hydroxyl groups excluding tert-OH is 1. The van der Waals surface area contributed by atoms with Gasteiger partial charge >= 0.3 is 27.3 Å². The second kappa shape index (κ2) is 5.60. The molecule has 2 N–H and O–H groups in total. The molecule has 0 aromatic rings. The Balaban J connectivity index is 1.54. The molecular weight excluding hydrogens is 354 g/mol. The van der Waals surface area contributed by atoms with Crippen LogP contribution in [0, 0.1) is 23.7 Å². The maximum Gasteiger partial charge on any atom is 0.370 e. The Bertz CT molecular complexity index is 663. The normalized spacial score (nSPS) is 37.6. The zero-order chi connectivity index (χ0) is 17.9. The van der Waals surface area contributed by atoms with Crippen LogP contribution in [-0.2, 0) is 29.2 Å². The van der Waals surface area contributed by atoms with E-state index in [9.17, 15) is 31.9 Å². The fourth-order valence-electron chi connectivity index (χ4n) is 4.02. The molecule has 8 nitrogen and oxygen atoms in total. The van der Waals surface area contributed by atoms with Crippen LogP contribution in [0.5, 0.6) is 0 Å². The molecule has 136 valence electrons. The standard InChI is InChI=1S/C13H16F2O8S/c14-13(15,24(19,20)21)2-1-3-22-11(17)7-5-4-6-8(7)12(18)23-10(6)9(5)16/h5-10,16H,1-4H2,(H,19,20,21). The van der Waals surface area contributed by atoms with Gasteiger partial charge in [-0.1, -0.05) is 0 Å². The average Bonchev–Trinajstić information content (AvgIpc) is 3.06. The van der Waals surface area contributed by atoms with Gasteiger partial charge in [-0.25, -0.2) is 0 Å². The van der Waals surface area contributed by atoms with Gasteiger partial charge in [-0.2, -0.15) is 17.2 Å². The Morgan fingerprint density at radius 3 is 2.67 bits per heavy atom. The smallest absolute Gasteiger partial charge is 0.370 e. The summed E-state index contributed by atoms with van der Waals surface area (Å²) >= 11 is 0. The highest BCUT2D eigenvalue weighted by Gasteiger charge is 2.68. The van der Waals surface area contributed by atoms with Crippen LogP contribution in [0.3, 0.4) is 0 Å². The summed E-state index contributed by atoms with van der Waals surface area (Å²) < 4.78 is 65.2. The summed E-state index contributed by atoms with van der Waals surface area (Å²) in [6, 6.07) is 0. The zero-order valence-electron chi connectivity index (χ0n) is 12.3. The minimum Gasteiger partial charge on any atom is -0.465 e. The lowest BCUT2D eigenvalue weighted by molar-refractivity contribution is -0.156. The van der Waals surface area contributed by atoms with Crippen LogP contribution in [0.15, 0.2) is 0 Å². The number of halogens is 2. The molecule has 0 spiro atoms. The SMILES string of the molecule is O=C(OCCCC(F)(F)S(=O)(=O)O)C1C2CC3C(OC(=O)C31)C2O. The third kappa shape index (κ3) is 2.58. The number of hydrogen-bond acceptors (Lipinski definition) is 7. The van der Waals surface area contributed by atoms with E-state index in [1.54, 1.807) is 0 Å². The first kappa shape index (κ1) is 17.5. The van der Waals surface area contributed by atoms with Crippen molar-refractivity contribution in [3.05, 3.63) is 0 Å². The number of fused-ring (bicyclic) bond motifs is 1. The van der Waals surface area contributed by atoms with Crippen LogP contribution in [0.25, 0.3) is 0 Å². The number of carbonyl (C=O) groups excluding carboxylic acids is 2. The van der Waals surface area contributed by atoms with E-state index in [2.05, 4.69) is 0 Å². The predicted octanol–water partition coefficient (Wildman–Crippen LogP) is -0.0412. The predicted molar refractivity (Wildman–Crippen MR) is 71.2 cm³/mol. The van der Waals surface area contributed by atoms with Gasteiger partial charge in [0.25, 0.3) is 0 Å². The van der Waals surface area contributed by atoms with E-state index < -0.39 is 76.7 Å². The summed E-state index contributed by atoms with van der Waals surface area (Å²) in [7, 11) is -5.52. The minimum atomic E-state index is -5.52. The summed E-state index contributed by atoms with van der Waals surface area (Å²) in [4.78, 5) is 23.9. The van der Waals surface area contributed by atoms with Crippen molar-refractivity contribution in [2.75, 3.05) is 6.61 Å². The maximum atomic E-state index is 13.0. The summed E-state index contributed by atoms with van der Waals surface area (Å²) in [5.41, 5.74) is 0. The lowest BCUT2D eigenvalue weighted by atomic mass is 9.78. The first-order valence-corrected chi connectivity index (χ1v) is 8.88. The number of esters is 2. The Labute approximate surface area is 135 Å². The van der Waals surface area contributed by atoms with Crippen molar-refractivity contribution in [3.8, 4) is 0 Å². The number of aliphatic hydroxyl groups is 1. The third-order valence-electron chi connectivity index (χ3n) is 5.08. The lowest BCUT2D eigenvalue weighted by Gasteiger charge is -2.27. The van der Waals surface area contributed by atoms with Crippen LogP contribution in [0.1, 0.15) is 19.3 Å². The van der Waals surface area contributed by atoms with Crippen molar-refractivity contribution in [2.45, 2.75) is 36.7 Å². The Hall–Kier alpha value is -1.33. The molecule has 24 heavy (non-hydrogen) atoms. The molecule has 6 unspecified atom stereocenters. The number of ether oxygens (including phenoxy) is 2. The molecule has 0 amide bonds. The average molecular weight is 370 g/mol. The van der Waals surface area contributed by atoms with E-state index in [4.69, 9.17) is 14.0 Å². The summed E-state index contributed by atoms with van der Waals surface area (Å²) in [6.45, 7) is -0.487. The number of alkyl halides is 2. The van der Waals surface area contributed by atoms with Gasteiger partial charge in [-0.15, -0.1) is 0 Å². The first-order valence-electron chi connectivity index (χ1n) is 7.44. The Kier molecular flexibility index (Phi) is 4.08. The van der Waals surface area contributed by atoms with E-state index >= 15 is 0 Å². The first-order chi connectivity index (χ1) is 11.0. The molecule has 1 saturated heterocycles. The van der Waals surface area contributed by atoms with Crippen LogP contribution in [-0.4, -0.2) is 54.1 Å².